The predicted octanol–water partition coefficient (Wildman–Crippen LogP) is 4.28. The molecule has 0 aliphatic carbocycles. The summed E-state index contributed by atoms with van der Waals surface area (Å²) in [6, 6.07) is 10.3. The van der Waals surface area contributed by atoms with Gasteiger partial charge in [0.05, 0.1) is 17.1 Å². The van der Waals surface area contributed by atoms with Gasteiger partial charge in [0.1, 0.15) is 0 Å². The average molecular weight is 328 g/mol. The standard InChI is InChI=1S/C17H20N4OS/c1-4-8-15-19-16(22-20-15)12(2)23-17-18-11-14(21(17)3)13-9-6-5-7-10-13/h5-7,9-12H,4,8H2,1-3H3. The molecule has 2 aromatic heterocycles. The van der Waals surface area contributed by atoms with Crippen molar-refractivity contribution in [2.45, 2.75) is 37.1 Å². The maximum atomic E-state index is 5.36. The number of thioether (sulfide) groups is 1. The van der Waals surface area contributed by atoms with E-state index in [-0.39, 0.29) is 5.25 Å². The summed E-state index contributed by atoms with van der Waals surface area (Å²) < 4.78 is 7.46. The molecule has 1 unspecified atom stereocenters. The van der Waals surface area contributed by atoms with Gasteiger partial charge in [-0.15, -0.1) is 0 Å². The first-order valence-electron chi connectivity index (χ1n) is 7.75. The number of aryl methyl sites for hydroxylation is 1. The lowest BCUT2D eigenvalue weighted by Crippen LogP contribution is -1.97. The van der Waals surface area contributed by atoms with Crippen LogP contribution >= 0.6 is 11.8 Å². The fraction of sp³-hybridized carbons (Fsp3) is 0.353. The molecule has 3 aromatic rings. The van der Waals surface area contributed by atoms with Gasteiger partial charge in [0.15, 0.2) is 11.0 Å². The van der Waals surface area contributed by atoms with Gasteiger partial charge in [-0.3, -0.25) is 0 Å². The second kappa shape index (κ2) is 7.00. The van der Waals surface area contributed by atoms with Crippen molar-refractivity contribution in [1.82, 2.24) is 19.7 Å². The second-order valence-corrected chi connectivity index (χ2v) is 6.72. The highest BCUT2D eigenvalue weighted by molar-refractivity contribution is 7.99. The molecule has 5 nitrogen and oxygen atoms in total. The molecule has 0 amide bonds. The van der Waals surface area contributed by atoms with Crippen LogP contribution in [-0.4, -0.2) is 19.7 Å². The third-order valence-corrected chi connectivity index (χ3v) is 4.75. The Hall–Kier alpha value is -2.08. The fourth-order valence-electron chi connectivity index (χ4n) is 2.35. The van der Waals surface area contributed by atoms with Gasteiger partial charge in [0.25, 0.3) is 0 Å². The van der Waals surface area contributed by atoms with Crippen molar-refractivity contribution >= 4 is 11.8 Å². The SMILES string of the molecule is CCCc1noc(C(C)Sc2ncc(-c3ccccc3)n2C)n1. The van der Waals surface area contributed by atoms with E-state index in [1.807, 2.05) is 31.4 Å². The number of hydrogen-bond donors (Lipinski definition) is 0. The zero-order valence-corrected chi connectivity index (χ0v) is 14.4. The topological polar surface area (TPSA) is 56.7 Å². The van der Waals surface area contributed by atoms with Crippen LogP contribution in [0.3, 0.4) is 0 Å². The zero-order valence-electron chi connectivity index (χ0n) is 13.6. The van der Waals surface area contributed by atoms with E-state index >= 15 is 0 Å². The van der Waals surface area contributed by atoms with Crippen LogP contribution in [0.2, 0.25) is 0 Å². The van der Waals surface area contributed by atoms with Crippen LogP contribution in [0.15, 0.2) is 46.2 Å². The fourth-order valence-corrected chi connectivity index (χ4v) is 3.23. The van der Waals surface area contributed by atoms with Crippen molar-refractivity contribution in [1.29, 1.82) is 0 Å². The maximum absolute atomic E-state index is 5.36. The van der Waals surface area contributed by atoms with Crippen LogP contribution in [0.1, 0.15) is 37.2 Å². The summed E-state index contributed by atoms with van der Waals surface area (Å²) in [5.74, 6) is 1.43. The van der Waals surface area contributed by atoms with Crippen molar-refractivity contribution in [3.05, 3.63) is 48.2 Å². The molecule has 0 radical (unpaired) electrons. The molecular weight excluding hydrogens is 308 g/mol. The van der Waals surface area contributed by atoms with Gasteiger partial charge in [-0.2, -0.15) is 4.98 Å². The highest BCUT2D eigenvalue weighted by Crippen LogP contribution is 2.34. The lowest BCUT2D eigenvalue weighted by atomic mass is 10.2. The quantitative estimate of drug-likeness (QED) is 0.632. The van der Waals surface area contributed by atoms with E-state index in [0.717, 1.165) is 35.1 Å². The van der Waals surface area contributed by atoms with E-state index in [0.29, 0.717) is 5.89 Å². The van der Waals surface area contributed by atoms with Crippen LogP contribution in [-0.2, 0) is 13.5 Å². The van der Waals surface area contributed by atoms with Crippen LogP contribution < -0.4 is 0 Å². The summed E-state index contributed by atoms with van der Waals surface area (Å²) in [6.07, 6.45) is 3.77. The number of hydrogen-bond acceptors (Lipinski definition) is 5. The Morgan fingerprint density at radius 2 is 2.04 bits per heavy atom. The molecule has 0 spiro atoms. The molecule has 3 rings (SSSR count). The molecule has 0 saturated carbocycles. The van der Waals surface area contributed by atoms with Crippen LogP contribution in [0.5, 0.6) is 0 Å². The zero-order chi connectivity index (χ0) is 16.2. The van der Waals surface area contributed by atoms with Gasteiger partial charge >= 0.3 is 0 Å². The lowest BCUT2D eigenvalue weighted by molar-refractivity contribution is 0.374. The Labute approximate surface area is 140 Å². The van der Waals surface area contributed by atoms with Crippen LogP contribution in [0.25, 0.3) is 11.3 Å². The molecule has 1 aromatic carbocycles. The summed E-state index contributed by atoms with van der Waals surface area (Å²) in [7, 11) is 2.03. The van der Waals surface area contributed by atoms with E-state index in [1.54, 1.807) is 11.8 Å². The molecule has 2 heterocycles. The Morgan fingerprint density at radius 1 is 1.26 bits per heavy atom. The van der Waals surface area contributed by atoms with Crippen molar-refractivity contribution in [3.63, 3.8) is 0 Å². The minimum Gasteiger partial charge on any atom is -0.338 e. The van der Waals surface area contributed by atoms with Gasteiger partial charge in [0.2, 0.25) is 5.89 Å². The van der Waals surface area contributed by atoms with Gasteiger partial charge in [-0.1, -0.05) is 54.2 Å². The van der Waals surface area contributed by atoms with Gasteiger partial charge in [0, 0.05) is 13.5 Å². The summed E-state index contributed by atoms with van der Waals surface area (Å²) >= 11 is 1.63. The number of aromatic nitrogens is 4. The summed E-state index contributed by atoms with van der Waals surface area (Å²) in [6.45, 7) is 4.16. The molecule has 0 aliphatic rings. The largest absolute Gasteiger partial charge is 0.338 e. The highest BCUT2D eigenvalue weighted by Gasteiger charge is 2.18. The van der Waals surface area contributed by atoms with Gasteiger partial charge in [-0.05, 0) is 18.9 Å². The van der Waals surface area contributed by atoms with Crippen molar-refractivity contribution in [2.24, 2.45) is 7.05 Å². The normalized spacial score (nSPS) is 12.5. The molecule has 0 aliphatic heterocycles. The first kappa shape index (κ1) is 15.8. The van der Waals surface area contributed by atoms with Crippen molar-refractivity contribution in [3.8, 4) is 11.3 Å². The Kier molecular flexibility index (Phi) is 4.81. The summed E-state index contributed by atoms with van der Waals surface area (Å²) in [5.41, 5.74) is 2.25. The highest BCUT2D eigenvalue weighted by atomic mass is 32.2. The Morgan fingerprint density at radius 3 is 2.78 bits per heavy atom. The molecule has 6 heteroatoms. The maximum Gasteiger partial charge on any atom is 0.239 e. The number of rotatable bonds is 6. The van der Waals surface area contributed by atoms with Crippen LogP contribution in [0.4, 0.5) is 0 Å². The minimum atomic E-state index is 0.0674. The first-order valence-corrected chi connectivity index (χ1v) is 8.63. The van der Waals surface area contributed by atoms with E-state index in [2.05, 4.69) is 45.7 Å². The number of nitrogens with zero attached hydrogens (tertiary/aromatic N) is 4. The summed E-state index contributed by atoms with van der Waals surface area (Å²) in [5, 5.41) is 5.02. The van der Waals surface area contributed by atoms with E-state index in [1.165, 1.54) is 0 Å². The third kappa shape index (κ3) is 3.47. The van der Waals surface area contributed by atoms with Gasteiger partial charge < -0.3 is 9.09 Å². The van der Waals surface area contributed by atoms with E-state index < -0.39 is 0 Å². The molecule has 1 atom stereocenters. The van der Waals surface area contributed by atoms with E-state index in [4.69, 9.17) is 4.52 Å². The Balaban J connectivity index is 1.76. The molecule has 0 fully saturated rings. The van der Waals surface area contributed by atoms with Gasteiger partial charge in [-0.25, -0.2) is 4.98 Å². The molecule has 0 N–H and O–H groups in total. The predicted molar refractivity (Wildman–Crippen MR) is 91.2 cm³/mol. The molecular formula is C17H20N4OS. The summed E-state index contributed by atoms with van der Waals surface area (Å²) in [4.78, 5) is 8.99. The monoisotopic (exact) mass is 328 g/mol. The van der Waals surface area contributed by atoms with Crippen molar-refractivity contribution < 1.29 is 4.52 Å². The molecule has 23 heavy (non-hydrogen) atoms. The molecule has 0 bridgehead atoms. The first-order chi connectivity index (χ1) is 11.2. The molecule has 0 saturated heterocycles. The smallest absolute Gasteiger partial charge is 0.239 e. The second-order valence-electron chi connectivity index (χ2n) is 5.41. The molecule has 120 valence electrons. The Bertz CT molecular complexity index is 766. The van der Waals surface area contributed by atoms with E-state index in [9.17, 15) is 0 Å². The van der Waals surface area contributed by atoms with Crippen LogP contribution in [0, 0.1) is 0 Å². The van der Waals surface area contributed by atoms with Crippen molar-refractivity contribution in [2.75, 3.05) is 0 Å². The minimum absolute atomic E-state index is 0.0674. The average Bonchev–Trinajstić information content (AvgIpc) is 3.17. The lowest BCUT2D eigenvalue weighted by Gasteiger charge is -2.08. The number of imidazole rings is 1. The number of benzene rings is 1. The third-order valence-electron chi connectivity index (χ3n) is 3.60.